The number of aromatic nitrogens is 8. The van der Waals surface area contributed by atoms with Crippen LogP contribution in [0.1, 0.15) is 40.0 Å². The average Bonchev–Trinajstić information content (AvgIpc) is 3.84. The first-order chi connectivity index (χ1) is 33.5. The summed E-state index contributed by atoms with van der Waals surface area (Å²) in [4.78, 5) is 27.0. The highest BCUT2D eigenvalue weighted by Crippen LogP contribution is 2.48. The second-order valence-corrected chi connectivity index (χ2v) is 17.0. The van der Waals surface area contributed by atoms with Gasteiger partial charge in [0.25, 0.3) is 0 Å². The topological polar surface area (TPSA) is 111 Å². The van der Waals surface area contributed by atoms with Crippen LogP contribution in [0, 0.1) is 39.0 Å². The van der Waals surface area contributed by atoms with Gasteiger partial charge in [-0.2, -0.15) is 31.6 Å². The molecule has 0 aliphatic carbocycles. The number of benzene rings is 7. The average molecular weight is 936 g/mol. The summed E-state index contributed by atoms with van der Waals surface area (Å²) in [6.45, 7) is 7.14. The van der Waals surface area contributed by atoms with E-state index in [1.807, 2.05) is 94.1 Å². The lowest BCUT2D eigenvalue weighted by atomic mass is 9.90. The standard InChI is InChI=1S/C55H35F6N9/c1-29-63-30(2)66-52(65-29)35-18-22-47-41(25-35)37-10-5-7-14-45(37)69(47)49-24-33(28-62)16-20-39(49)40-21-17-34(51-43(54(56,57)58)12-9-13-44(51)55(59,60)61)27-50(40)70-46-15-8-6-11-38(46)42-26-36(19-23-48(42)70)53-67-31(3)64-32(4)68-53/h5-27H,1-4H3. The van der Waals surface area contributed by atoms with E-state index in [0.29, 0.717) is 86.1 Å². The summed E-state index contributed by atoms with van der Waals surface area (Å²) >= 11 is 0. The Hall–Kier alpha value is -8.77. The summed E-state index contributed by atoms with van der Waals surface area (Å²) in [5.74, 6) is 3.13. The van der Waals surface area contributed by atoms with E-state index in [4.69, 9.17) is 0 Å². The summed E-state index contributed by atoms with van der Waals surface area (Å²) in [6.07, 6.45) is -10.3. The molecule has 7 aromatic carbocycles. The Balaban J connectivity index is 1.24. The van der Waals surface area contributed by atoms with Crippen LogP contribution in [0.25, 0.3) is 100 Å². The van der Waals surface area contributed by atoms with Crippen LogP contribution in [0.2, 0.25) is 0 Å². The molecule has 11 rings (SSSR count). The van der Waals surface area contributed by atoms with Gasteiger partial charge in [0.2, 0.25) is 0 Å². The smallest absolute Gasteiger partial charge is 0.309 e. The molecule has 11 aromatic rings. The van der Waals surface area contributed by atoms with Gasteiger partial charge in [-0.1, -0.05) is 60.7 Å². The third-order valence-electron chi connectivity index (χ3n) is 12.4. The number of hydrogen-bond acceptors (Lipinski definition) is 7. The van der Waals surface area contributed by atoms with Crippen LogP contribution in [-0.2, 0) is 12.4 Å². The minimum Gasteiger partial charge on any atom is -0.309 e. The number of aryl methyl sites for hydroxylation is 4. The van der Waals surface area contributed by atoms with Crippen molar-refractivity contribution < 1.29 is 26.3 Å². The highest BCUT2D eigenvalue weighted by Gasteiger charge is 2.41. The molecule has 0 bridgehead atoms. The van der Waals surface area contributed by atoms with E-state index in [1.165, 1.54) is 12.1 Å². The highest BCUT2D eigenvalue weighted by molar-refractivity contribution is 6.12. The molecule has 9 nitrogen and oxygen atoms in total. The number of nitrogens with zero attached hydrogens (tertiary/aromatic N) is 9. The normalized spacial score (nSPS) is 12.1. The Bertz CT molecular complexity index is 3940. The fraction of sp³-hybridized carbons (Fsp3) is 0.109. The summed E-state index contributed by atoms with van der Waals surface area (Å²) in [7, 11) is 0. The van der Waals surface area contributed by atoms with Gasteiger partial charge in [-0.3, -0.25) is 0 Å². The van der Waals surface area contributed by atoms with Crippen molar-refractivity contribution in [3.63, 3.8) is 0 Å². The van der Waals surface area contributed by atoms with E-state index in [2.05, 4.69) is 36.0 Å². The van der Waals surface area contributed by atoms with Crippen LogP contribution in [0.3, 0.4) is 0 Å². The maximum atomic E-state index is 14.9. The zero-order chi connectivity index (χ0) is 48.8. The third kappa shape index (κ3) is 7.36. The number of fused-ring (bicyclic) bond motifs is 6. The first kappa shape index (κ1) is 43.8. The minimum absolute atomic E-state index is 0.281. The van der Waals surface area contributed by atoms with Crippen molar-refractivity contribution in [1.29, 1.82) is 5.26 Å². The second-order valence-electron chi connectivity index (χ2n) is 17.0. The van der Waals surface area contributed by atoms with Gasteiger partial charge in [0.15, 0.2) is 11.6 Å². The molecule has 70 heavy (non-hydrogen) atoms. The molecular weight excluding hydrogens is 901 g/mol. The van der Waals surface area contributed by atoms with Gasteiger partial charge in [0.1, 0.15) is 23.3 Å². The lowest BCUT2D eigenvalue weighted by Gasteiger charge is -2.22. The minimum atomic E-state index is -5.14. The maximum absolute atomic E-state index is 14.9. The monoisotopic (exact) mass is 935 g/mol. The molecule has 0 spiro atoms. The van der Waals surface area contributed by atoms with Crippen molar-refractivity contribution in [2.45, 2.75) is 40.0 Å². The number of hydrogen-bond donors (Lipinski definition) is 0. The van der Waals surface area contributed by atoms with Gasteiger partial charge >= 0.3 is 12.4 Å². The molecule has 0 atom stereocenters. The lowest BCUT2D eigenvalue weighted by Crippen LogP contribution is -2.14. The van der Waals surface area contributed by atoms with Crippen molar-refractivity contribution in [3.05, 3.63) is 180 Å². The number of nitriles is 1. The highest BCUT2D eigenvalue weighted by atomic mass is 19.4. The van der Waals surface area contributed by atoms with Gasteiger partial charge in [-0.15, -0.1) is 0 Å². The van der Waals surface area contributed by atoms with Crippen LogP contribution in [0.5, 0.6) is 0 Å². The summed E-state index contributed by atoms with van der Waals surface area (Å²) in [5, 5.41) is 13.6. The summed E-state index contributed by atoms with van der Waals surface area (Å²) < 4.78 is 93.5. The molecular formula is C55H35F6N9. The molecule has 0 aliphatic heterocycles. The second kappa shape index (κ2) is 16.2. The molecule has 0 saturated heterocycles. The first-order valence-corrected chi connectivity index (χ1v) is 22.0. The lowest BCUT2D eigenvalue weighted by molar-refractivity contribution is -0.142. The molecule has 0 unspecified atom stereocenters. The molecule has 4 aromatic heterocycles. The van der Waals surface area contributed by atoms with Crippen molar-refractivity contribution in [1.82, 2.24) is 39.0 Å². The van der Waals surface area contributed by atoms with E-state index < -0.39 is 29.0 Å². The van der Waals surface area contributed by atoms with Crippen molar-refractivity contribution in [2.24, 2.45) is 0 Å². The number of alkyl halides is 6. The molecule has 342 valence electrons. The molecule has 0 fully saturated rings. The Labute approximate surface area is 395 Å². The van der Waals surface area contributed by atoms with Crippen LogP contribution in [-0.4, -0.2) is 39.0 Å². The first-order valence-electron chi connectivity index (χ1n) is 22.0. The number of para-hydroxylation sites is 2. The predicted octanol–water partition coefficient (Wildman–Crippen LogP) is 14.1. The van der Waals surface area contributed by atoms with Gasteiger partial charge in [-0.25, -0.2) is 29.9 Å². The maximum Gasteiger partial charge on any atom is 0.417 e. The Kier molecular flexibility index (Phi) is 10.1. The molecule has 0 amide bonds. The summed E-state index contributed by atoms with van der Waals surface area (Å²) in [5.41, 5.74) is 2.15. The molecule has 0 saturated carbocycles. The number of halogens is 6. The van der Waals surface area contributed by atoms with E-state index in [0.717, 1.165) is 44.2 Å². The van der Waals surface area contributed by atoms with Crippen molar-refractivity contribution in [3.8, 4) is 62.5 Å². The molecule has 4 heterocycles. The van der Waals surface area contributed by atoms with Crippen molar-refractivity contribution >= 4 is 43.6 Å². The Morgan fingerprint density at radius 1 is 0.414 bits per heavy atom. The van der Waals surface area contributed by atoms with Gasteiger partial charge in [-0.05, 0) is 112 Å². The SMILES string of the molecule is Cc1nc(C)nc(-c2ccc3c(c2)c2ccccc2n3-c2cc(C#N)ccc2-c2ccc(-c3c(C(F)(F)F)cccc3C(F)(F)F)cc2-n2c3ccccc3c3cc(-c4nc(C)nc(C)n4)ccc32)n1. The van der Waals surface area contributed by atoms with Crippen molar-refractivity contribution in [2.75, 3.05) is 0 Å². The quantitative estimate of drug-likeness (QED) is 0.153. The van der Waals surface area contributed by atoms with Gasteiger partial charge in [0, 0.05) is 49.4 Å². The predicted molar refractivity (Wildman–Crippen MR) is 257 cm³/mol. The fourth-order valence-corrected chi connectivity index (χ4v) is 9.68. The van der Waals surface area contributed by atoms with Gasteiger partial charge in [0.05, 0.1) is 56.2 Å². The molecule has 0 aliphatic rings. The molecule has 0 radical (unpaired) electrons. The number of rotatable bonds is 6. The summed E-state index contributed by atoms with van der Waals surface area (Å²) in [6, 6.07) is 40.4. The van der Waals surface area contributed by atoms with Gasteiger partial charge < -0.3 is 9.13 Å². The van der Waals surface area contributed by atoms with Crippen LogP contribution < -0.4 is 0 Å². The van der Waals surface area contributed by atoms with E-state index in [9.17, 15) is 31.6 Å². The third-order valence-corrected chi connectivity index (χ3v) is 12.4. The van der Waals surface area contributed by atoms with Crippen LogP contribution in [0.15, 0.2) is 140 Å². The molecule has 0 N–H and O–H groups in total. The fourth-order valence-electron chi connectivity index (χ4n) is 9.68. The van der Waals surface area contributed by atoms with Crippen LogP contribution >= 0.6 is 0 Å². The largest absolute Gasteiger partial charge is 0.417 e. The van der Waals surface area contributed by atoms with E-state index in [-0.39, 0.29) is 11.3 Å². The van der Waals surface area contributed by atoms with E-state index in [1.54, 1.807) is 52.0 Å². The van der Waals surface area contributed by atoms with E-state index >= 15 is 0 Å². The molecule has 15 heteroatoms. The Morgan fingerprint density at radius 3 is 1.29 bits per heavy atom. The zero-order valence-corrected chi connectivity index (χ0v) is 37.6. The van der Waals surface area contributed by atoms with Crippen LogP contribution in [0.4, 0.5) is 26.3 Å². The Morgan fingerprint density at radius 2 is 0.829 bits per heavy atom. The zero-order valence-electron chi connectivity index (χ0n) is 37.6.